The second-order valence-corrected chi connectivity index (χ2v) is 9.46. The van der Waals surface area contributed by atoms with Crippen molar-refractivity contribution in [2.24, 2.45) is 7.05 Å². The average molecular weight is 524 g/mol. The van der Waals surface area contributed by atoms with Gasteiger partial charge in [0, 0.05) is 37.4 Å². The Hall–Kier alpha value is -3.78. The van der Waals surface area contributed by atoms with Gasteiger partial charge < -0.3 is 10.6 Å². The van der Waals surface area contributed by atoms with Gasteiger partial charge in [0.25, 0.3) is 0 Å². The minimum absolute atomic E-state index is 0.0414. The van der Waals surface area contributed by atoms with Gasteiger partial charge in [0.15, 0.2) is 0 Å². The highest BCUT2D eigenvalue weighted by atomic mass is 32.2. The number of sulfonamides is 1. The summed E-state index contributed by atoms with van der Waals surface area (Å²) in [6.45, 7) is -0.174. The van der Waals surface area contributed by atoms with Gasteiger partial charge in [-0.3, -0.25) is 4.68 Å². The number of hydrogen-bond donors (Lipinski definition) is 3. The third-order valence-electron chi connectivity index (χ3n) is 5.16. The molecule has 0 unspecified atom stereocenters. The first-order valence-electron chi connectivity index (χ1n) is 10.7. The van der Waals surface area contributed by atoms with E-state index in [2.05, 4.69) is 30.4 Å². The maximum Gasteiger partial charge on any atom is 0.421 e. The fourth-order valence-corrected chi connectivity index (χ4v) is 4.53. The number of nitrogens with zero attached hydrogens (tertiary/aromatic N) is 4. The molecule has 0 atom stereocenters. The third kappa shape index (κ3) is 5.71. The summed E-state index contributed by atoms with van der Waals surface area (Å²) in [6, 6.07) is 10.2. The summed E-state index contributed by atoms with van der Waals surface area (Å²) >= 11 is 0. The van der Waals surface area contributed by atoms with E-state index in [1.807, 2.05) is 0 Å². The van der Waals surface area contributed by atoms with Crippen molar-refractivity contribution in [3.05, 3.63) is 66.2 Å². The molecule has 0 aliphatic rings. The molecule has 0 radical (unpaired) electrons. The Labute approximate surface area is 203 Å². The molecule has 0 spiro atoms. The first kappa shape index (κ1) is 25.3. The predicted octanol–water partition coefficient (Wildman–Crippen LogP) is 4.05. The van der Waals surface area contributed by atoms with E-state index >= 15 is 0 Å². The van der Waals surface area contributed by atoms with Crippen LogP contribution in [0.1, 0.15) is 12.0 Å². The van der Waals surface area contributed by atoms with E-state index in [0.717, 1.165) is 23.0 Å². The molecule has 190 valence electrons. The number of hydrogen-bond acceptors (Lipinski definition) is 7. The van der Waals surface area contributed by atoms with Gasteiger partial charge in [-0.15, -0.1) is 0 Å². The largest absolute Gasteiger partial charge is 0.421 e. The molecule has 2 aromatic heterocycles. The van der Waals surface area contributed by atoms with E-state index in [9.17, 15) is 26.0 Å². The van der Waals surface area contributed by atoms with Crippen LogP contribution in [-0.2, 0) is 23.2 Å². The molecule has 2 heterocycles. The molecule has 0 saturated heterocycles. The van der Waals surface area contributed by atoms with Gasteiger partial charge in [0.1, 0.15) is 22.1 Å². The number of halogens is 4. The molecule has 0 amide bonds. The summed E-state index contributed by atoms with van der Waals surface area (Å²) < 4.78 is 82.5. The van der Waals surface area contributed by atoms with Crippen LogP contribution in [-0.4, -0.2) is 41.3 Å². The Morgan fingerprint density at radius 3 is 2.58 bits per heavy atom. The minimum atomic E-state index is -4.71. The summed E-state index contributed by atoms with van der Waals surface area (Å²) in [5, 5.41) is 10.5. The first-order chi connectivity index (χ1) is 17.0. The van der Waals surface area contributed by atoms with Crippen molar-refractivity contribution in [3.8, 4) is 0 Å². The van der Waals surface area contributed by atoms with Gasteiger partial charge in [-0.05, 0) is 36.8 Å². The molecule has 0 fully saturated rings. The molecule has 0 saturated carbocycles. The molecule has 14 heteroatoms. The van der Waals surface area contributed by atoms with Crippen LogP contribution in [0.5, 0.6) is 0 Å². The minimum Gasteiger partial charge on any atom is -0.369 e. The van der Waals surface area contributed by atoms with E-state index in [1.54, 1.807) is 36.1 Å². The fourth-order valence-electron chi connectivity index (χ4n) is 3.38. The highest BCUT2D eigenvalue weighted by Crippen LogP contribution is 2.34. The molecule has 0 bridgehead atoms. The average Bonchev–Trinajstić information content (AvgIpc) is 3.18. The zero-order valence-electron chi connectivity index (χ0n) is 18.8. The Bertz CT molecular complexity index is 1490. The van der Waals surface area contributed by atoms with Crippen molar-refractivity contribution < 1.29 is 26.0 Å². The number of anilines is 3. The summed E-state index contributed by atoms with van der Waals surface area (Å²) in [5.74, 6) is -1.42. The Balaban J connectivity index is 1.43. The molecule has 0 aliphatic heterocycles. The maximum absolute atomic E-state index is 13.7. The fraction of sp³-hybridized carbons (Fsp3) is 0.227. The van der Waals surface area contributed by atoms with Gasteiger partial charge in [-0.1, -0.05) is 12.1 Å². The van der Waals surface area contributed by atoms with Crippen LogP contribution in [0.15, 0.2) is 59.8 Å². The molecule has 4 rings (SSSR count). The number of fused-ring (bicyclic) bond motifs is 1. The van der Waals surface area contributed by atoms with Crippen LogP contribution in [0.4, 0.5) is 35.0 Å². The molecular weight excluding hydrogens is 502 g/mol. The number of aryl methyl sites for hydroxylation is 1. The lowest BCUT2D eigenvalue weighted by molar-refractivity contribution is -0.137. The highest BCUT2D eigenvalue weighted by molar-refractivity contribution is 7.89. The Kier molecular flexibility index (Phi) is 7.08. The predicted molar refractivity (Wildman–Crippen MR) is 126 cm³/mol. The van der Waals surface area contributed by atoms with Crippen LogP contribution in [0.25, 0.3) is 10.9 Å². The summed E-state index contributed by atoms with van der Waals surface area (Å²) in [5.41, 5.74) is 0.296. The van der Waals surface area contributed by atoms with Gasteiger partial charge >= 0.3 is 6.18 Å². The summed E-state index contributed by atoms with van der Waals surface area (Å²) in [4.78, 5) is 7.24. The quantitative estimate of drug-likeness (QED) is 0.224. The van der Waals surface area contributed by atoms with Crippen molar-refractivity contribution >= 4 is 38.4 Å². The zero-order valence-corrected chi connectivity index (χ0v) is 19.7. The molecule has 2 aromatic carbocycles. The van der Waals surface area contributed by atoms with E-state index in [4.69, 9.17) is 0 Å². The lowest BCUT2D eigenvalue weighted by Gasteiger charge is -2.15. The standard InChI is InChI=1S/C22H21F4N7O2S/c1-33-18-11-15(8-7-14(18)12-29-33)31-21-28-13-16(22(24,25)26)20(32-21)27-9-4-10-30-36(34,35)19-6-3-2-5-17(19)23/h2-3,5-8,11-13,30H,4,9-10H2,1H3,(H2,27,28,31,32). The Morgan fingerprint density at radius 1 is 1.06 bits per heavy atom. The second-order valence-electron chi connectivity index (χ2n) is 7.73. The first-order valence-corrected chi connectivity index (χ1v) is 12.1. The van der Waals surface area contributed by atoms with Gasteiger partial charge in [0.05, 0.1) is 11.7 Å². The normalized spacial score (nSPS) is 12.1. The monoisotopic (exact) mass is 523 g/mol. The van der Waals surface area contributed by atoms with Gasteiger partial charge in [-0.2, -0.15) is 23.3 Å². The number of rotatable bonds is 9. The van der Waals surface area contributed by atoms with Crippen molar-refractivity contribution in [1.82, 2.24) is 24.5 Å². The number of nitrogens with one attached hydrogen (secondary N) is 3. The van der Waals surface area contributed by atoms with Crippen molar-refractivity contribution in [2.45, 2.75) is 17.5 Å². The van der Waals surface area contributed by atoms with Crippen molar-refractivity contribution in [1.29, 1.82) is 0 Å². The molecule has 3 N–H and O–H groups in total. The molecule has 4 aromatic rings. The molecule has 0 aliphatic carbocycles. The maximum atomic E-state index is 13.7. The number of alkyl halides is 3. The van der Waals surface area contributed by atoms with E-state index in [1.165, 1.54) is 12.1 Å². The van der Waals surface area contributed by atoms with Gasteiger partial charge in [-0.25, -0.2) is 22.5 Å². The lowest BCUT2D eigenvalue weighted by atomic mass is 10.2. The summed E-state index contributed by atoms with van der Waals surface area (Å²) in [6.07, 6.45) is -2.25. The molecule has 9 nitrogen and oxygen atoms in total. The van der Waals surface area contributed by atoms with Crippen molar-refractivity contribution in [3.63, 3.8) is 0 Å². The Morgan fingerprint density at radius 2 is 1.83 bits per heavy atom. The third-order valence-corrected chi connectivity index (χ3v) is 6.66. The van der Waals surface area contributed by atoms with Crippen LogP contribution in [0.3, 0.4) is 0 Å². The van der Waals surface area contributed by atoms with Crippen LogP contribution in [0, 0.1) is 5.82 Å². The molecule has 36 heavy (non-hydrogen) atoms. The zero-order chi connectivity index (χ0) is 25.9. The van der Waals surface area contributed by atoms with Gasteiger partial charge in [0.2, 0.25) is 16.0 Å². The SMILES string of the molecule is Cn1ncc2ccc(Nc3ncc(C(F)(F)F)c(NCCCNS(=O)(=O)c4ccccc4F)n3)cc21. The van der Waals surface area contributed by atoms with E-state index in [-0.39, 0.29) is 25.5 Å². The smallest absolute Gasteiger partial charge is 0.369 e. The molecular formula is C22H21F4N7O2S. The van der Waals surface area contributed by atoms with Crippen LogP contribution >= 0.6 is 0 Å². The highest BCUT2D eigenvalue weighted by Gasteiger charge is 2.35. The van der Waals surface area contributed by atoms with Crippen LogP contribution in [0.2, 0.25) is 0 Å². The second kappa shape index (κ2) is 10.1. The number of benzene rings is 2. The summed E-state index contributed by atoms with van der Waals surface area (Å²) in [7, 11) is -2.33. The van der Waals surface area contributed by atoms with Crippen LogP contribution < -0.4 is 15.4 Å². The van der Waals surface area contributed by atoms with E-state index < -0.39 is 38.3 Å². The topological polar surface area (TPSA) is 114 Å². The lowest BCUT2D eigenvalue weighted by Crippen LogP contribution is -2.27. The number of aromatic nitrogens is 4. The van der Waals surface area contributed by atoms with E-state index in [0.29, 0.717) is 11.9 Å². The van der Waals surface area contributed by atoms with Crippen molar-refractivity contribution in [2.75, 3.05) is 23.7 Å².